The van der Waals surface area contributed by atoms with Crippen LogP contribution in [0.5, 0.6) is 0 Å². The summed E-state index contributed by atoms with van der Waals surface area (Å²) in [6, 6.07) is -0.420. The Bertz CT molecular complexity index is 517. The van der Waals surface area contributed by atoms with Crippen LogP contribution in [0.1, 0.15) is 0 Å². The van der Waals surface area contributed by atoms with Crippen LogP contribution in [-0.2, 0) is 4.74 Å². The SMILES string of the molecule is Nc1c(Cl)ncnc1N[C@H]1[C@@H](CO)[C@H]2O[C@@H]1[C@H](O)[C@H]2O. The van der Waals surface area contributed by atoms with Gasteiger partial charge in [0.2, 0.25) is 0 Å². The second-order valence-corrected chi connectivity index (χ2v) is 5.35. The van der Waals surface area contributed by atoms with Gasteiger partial charge in [-0.2, -0.15) is 0 Å². The zero-order valence-electron chi connectivity index (χ0n) is 10.3. The van der Waals surface area contributed by atoms with E-state index in [9.17, 15) is 15.3 Å². The molecule has 0 aromatic carbocycles. The quantitative estimate of drug-likeness (QED) is 0.431. The number of nitrogen functional groups attached to an aromatic ring is 1. The monoisotopic (exact) mass is 302 g/mol. The maximum Gasteiger partial charge on any atom is 0.157 e. The van der Waals surface area contributed by atoms with Gasteiger partial charge in [-0.25, -0.2) is 9.97 Å². The van der Waals surface area contributed by atoms with Crippen molar-refractivity contribution >= 4 is 23.1 Å². The Hall–Kier alpha value is -1.19. The number of halogens is 1. The number of anilines is 2. The molecular formula is C11H15ClN4O4. The number of nitrogens with one attached hydrogen (secondary N) is 1. The van der Waals surface area contributed by atoms with E-state index in [1.807, 2.05) is 0 Å². The minimum absolute atomic E-state index is 0.118. The first-order valence-corrected chi connectivity index (χ1v) is 6.57. The van der Waals surface area contributed by atoms with Gasteiger partial charge in [-0.15, -0.1) is 0 Å². The lowest BCUT2D eigenvalue weighted by molar-refractivity contribution is -0.0168. The number of aliphatic hydroxyl groups excluding tert-OH is 3. The van der Waals surface area contributed by atoms with Crippen LogP contribution in [0, 0.1) is 5.92 Å². The highest BCUT2D eigenvalue weighted by Gasteiger charge is 2.59. The van der Waals surface area contributed by atoms with Crippen molar-refractivity contribution in [1.29, 1.82) is 0 Å². The maximum absolute atomic E-state index is 9.89. The van der Waals surface area contributed by atoms with Crippen molar-refractivity contribution < 1.29 is 20.1 Å². The number of aromatic nitrogens is 2. The Morgan fingerprint density at radius 3 is 2.70 bits per heavy atom. The average molecular weight is 303 g/mol. The lowest BCUT2D eigenvalue weighted by Crippen LogP contribution is -2.53. The van der Waals surface area contributed by atoms with E-state index in [1.165, 1.54) is 6.33 Å². The van der Waals surface area contributed by atoms with E-state index in [-0.39, 0.29) is 23.4 Å². The summed E-state index contributed by atoms with van der Waals surface area (Å²) in [5.41, 5.74) is 5.96. The van der Waals surface area contributed by atoms with Crippen molar-refractivity contribution in [3.63, 3.8) is 0 Å². The summed E-state index contributed by atoms with van der Waals surface area (Å²) in [7, 11) is 0. The molecular weight excluding hydrogens is 288 g/mol. The second-order valence-electron chi connectivity index (χ2n) is 4.99. The van der Waals surface area contributed by atoms with Crippen LogP contribution in [0.3, 0.4) is 0 Å². The van der Waals surface area contributed by atoms with E-state index >= 15 is 0 Å². The third kappa shape index (κ3) is 1.92. The van der Waals surface area contributed by atoms with Gasteiger partial charge < -0.3 is 31.1 Å². The lowest BCUT2D eigenvalue weighted by atomic mass is 9.81. The number of rotatable bonds is 3. The molecule has 2 aliphatic heterocycles. The van der Waals surface area contributed by atoms with Crippen LogP contribution in [0.2, 0.25) is 5.15 Å². The number of nitrogens with two attached hydrogens (primary N) is 1. The van der Waals surface area contributed by atoms with Gasteiger partial charge in [0.1, 0.15) is 30.3 Å². The van der Waals surface area contributed by atoms with E-state index in [0.717, 1.165) is 0 Å². The number of aliphatic hydroxyl groups is 3. The topological polar surface area (TPSA) is 134 Å². The van der Waals surface area contributed by atoms with E-state index in [1.54, 1.807) is 0 Å². The average Bonchev–Trinajstić information content (AvgIpc) is 2.92. The van der Waals surface area contributed by atoms with E-state index in [2.05, 4.69) is 15.3 Å². The third-order valence-corrected chi connectivity index (χ3v) is 4.23. The highest BCUT2D eigenvalue weighted by molar-refractivity contribution is 6.32. The molecule has 6 N–H and O–H groups in total. The summed E-state index contributed by atoms with van der Waals surface area (Å²) >= 11 is 5.81. The molecule has 0 radical (unpaired) electrons. The zero-order valence-corrected chi connectivity index (χ0v) is 11.1. The molecule has 110 valence electrons. The maximum atomic E-state index is 9.89. The molecule has 9 heteroatoms. The summed E-state index contributed by atoms with van der Waals surface area (Å²) < 4.78 is 5.52. The van der Waals surface area contributed by atoms with Gasteiger partial charge in [0.25, 0.3) is 0 Å². The Labute approximate surface area is 119 Å². The van der Waals surface area contributed by atoms with Crippen LogP contribution in [0.15, 0.2) is 6.33 Å². The van der Waals surface area contributed by atoms with Gasteiger partial charge in [-0.3, -0.25) is 0 Å². The third-order valence-electron chi connectivity index (χ3n) is 3.92. The Kier molecular flexibility index (Phi) is 3.43. The van der Waals surface area contributed by atoms with Crippen LogP contribution in [0.4, 0.5) is 11.5 Å². The number of ether oxygens (including phenoxy) is 1. The molecule has 20 heavy (non-hydrogen) atoms. The van der Waals surface area contributed by atoms with Crippen molar-refractivity contribution in [2.24, 2.45) is 5.92 Å². The normalized spacial score (nSPS) is 39.2. The molecule has 2 fully saturated rings. The number of hydrogen-bond donors (Lipinski definition) is 5. The van der Waals surface area contributed by atoms with Crippen LogP contribution < -0.4 is 11.1 Å². The van der Waals surface area contributed by atoms with E-state index in [0.29, 0.717) is 5.82 Å². The summed E-state index contributed by atoms with van der Waals surface area (Å²) in [5, 5.41) is 32.3. The molecule has 6 atom stereocenters. The predicted octanol–water partition coefficient (Wildman–Crippen LogP) is -1.40. The molecule has 0 spiro atoms. The van der Waals surface area contributed by atoms with Crippen molar-refractivity contribution in [3.05, 3.63) is 11.5 Å². The minimum atomic E-state index is -1.01. The largest absolute Gasteiger partial charge is 0.396 e. The van der Waals surface area contributed by atoms with E-state index < -0.39 is 30.5 Å². The van der Waals surface area contributed by atoms with Crippen molar-refractivity contribution in [3.8, 4) is 0 Å². The molecule has 3 rings (SSSR count). The first-order chi connectivity index (χ1) is 9.54. The van der Waals surface area contributed by atoms with Crippen molar-refractivity contribution in [2.45, 2.75) is 30.5 Å². The van der Waals surface area contributed by atoms with Gasteiger partial charge in [0.15, 0.2) is 11.0 Å². The minimum Gasteiger partial charge on any atom is -0.396 e. The molecule has 0 saturated carbocycles. The molecule has 0 unspecified atom stereocenters. The summed E-state index contributed by atoms with van der Waals surface area (Å²) in [6.07, 6.45) is -2.01. The van der Waals surface area contributed by atoms with Crippen molar-refractivity contribution in [2.75, 3.05) is 17.7 Å². The number of nitrogens with zero attached hydrogens (tertiary/aromatic N) is 2. The molecule has 0 amide bonds. The molecule has 1 aromatic rings. The molecule has 2 bridgehead atoms. The highest BCUT2D eigenvalue weighted by atomic mass is 35.5. The van der Waals surface area contributed by atoms with Gasteiger partial charge >= 0.3 is 0 Å². The van der Waals surface area contributed by atoms with Gasteiger partial charge in [0.05, 0.1) is 18.8 Å². The fourth-order valence-corrected chi connectivity index (χ4v) is 3.02. The molecule has 2 saturated heterocycles. The standard InChI is InChI=1S/C11H15ClN4O4/c12-10-4(13)11(15-2-14-10)16-5-3(1-17)8-6(18)7(19)9(5)20-8/h2-3,5-9,17-19H,1,13H2,(H,14,15,16)/t3-,5+,6-,7-,8-,9+/m1/s1. The summed E-state index contributed by atoms with van der Waals surface area (Å²) in [6.45, 7) is -0.193. The first kappa shape index (κ1) is 13.8. The van der Waals surface area contributed by atoms with Gasteiger partial charge in [-0.05, 0) is 0 Å². The molecule has 2 aliphatic rings. The highest BCUT2D eigenvalue weighted by Crippen LogP contribution is 2.41. The summed E-state index contributed by atoms with van der Waals surface area (Å²) in [4.78, 5) is 7.73. The number of hydrogen-bond acceptors (Lipinski definition) is 8. The van der Waals surface area contributed by atoms with Gasteiger partial charge in [0, 0.05) is 5.92 Å². The fraction of sp³-hybridized carbons (Fsp3) is 0.636. The first-order valence-electron chi connectivity index (χ1n) is 6.19. The number of fused-ring (bicyclic) bond motifs is 2. The fourth-order valence-electron chi connectivity index (χ4n) is 2.88. The zero-order chi connectivity index (χ0) is 14.4. The lowest BCUT2D eigenvalue weighted by Gasteiger charge is -2.33. The van der Waals surface area contributed by atoms with Crippen molar-refractivity contribution in [1.82, 2.24) is 9.97 Å². The van der Waals surface area contributed by atoms with Crippen LogP contribution in [0.25, 0.3) is 0 Å². The van der Waals surface area contributed by atoms with Crippen LogP contribution >= 0.6 is 11.6 Å². The molecule has 0 aliphatic carbocycles. The van der Waals surface area contributed by atoms with Crippen LogP contribution in [-0.4, -0.2) is 62.4 Å². The Morgan fingerprint density at radius 1 is 1.30 bits per heavy atom. The Morgan fingerprint density at radius 2 is 2.00 bits per heavy atom. The van der Waals surface area contributed by atoms with Gasteiger partial charge in [-0.1, -0.05) is 11.6 Å². The second kappa shape index (κ2) is 4.97. The molecule has 8 nitrogen and oxygen atoms in total. The summed E-state index contributed by atoms with van der Waals surface area (Å²) in [5.74, 6) is -0.0576. The molecule has 3 heterocycles. The predicted molar refractivity (Wildman–Crippen MR) is 70.1 cm³/mol. The smallest absolute Gasteiger partial charge is 0.157 e. The Balaban J connectivity index is 1.85. The van der Waals surface area contributed by atoms with E-state index in [4.69, 9.17) is 22.1 Å². The molecule has 1 aromatic heterocycles.